The third-order valence-corrected chi connectivity index (χ3v) is 3.57. The van der Waals surface area contributed by atoms with E-state index in [1.807, 2.05) is 50.2 Å². The summed E-state index contributed by atoms with van der Waals surface area (Å²) in [5.41, 5.74) is 3.31. The van der Waals surface area contributed by atoms with Gasteiger partial charge in [0.2, 0.25) is 5.91 Å². The van der Waals surface area contributed by atoms with Crippen molar-refractivity contribution in [2.45, 2.75) is 20.5 Å². The van der Waals surface area contributed by atoms with Crippen molar-refractivity contribution in [1.82, 2.24) is 10.6 Å². The molecule has 0 bridgehead atoms. The summed E-state index contributed by atoms with van der Waals surface area (Å²) in [7, 11) is 0. The highest BCUT2D eigenvalue weighted by Crippen LogP contribution is 2.08. The van der Waals surface area contributed by atoms with Crippen LogP contribution in [0.1, 0.15) is 27.0 Å². The Kier molecular flexibility index (Phi) is 6.91. The fourth-order valence-corrected chi connectivity index (χ4v) is 2.39. The lowest BCUT2D eigenvalue weighted by molar-refractivity contribution is -0.145. The van der Waals surface area contributed by atoms with E-state index in [9.17, 15) is 14.4 Å². The Morgan fingerprint density at radius 1 is 0.885 bits per heavy atom. The summed E-state index contributed by atoms with van der Waals surface area (Å²) in [5.74, 6) is -1.33. The van der Waals surface area contributed by atoms with Crippen LogP contribution in [0.3, 0.4) is 0 Å². The second kappa shape index (κ2) is 9.36. The topological polar surface area (TPSA) is 84.5 Å². The Morgan fingerprint density at radius 3 is 2.19 bits per heavy atom. The molecule has 2 amide bonds. The Balaban J connectivity index is 1.69. The van der Waals surface area contributed by atoms with Crippen LogP contribution in [0.4, 0.5) is 0 Å². The number of amides is 2. The number of hydrogen-bond acceptors (Lipinski definition) is 4. The average Bonchev–Trinajstić information content (AvgIpc) is 2.62. The predicted molar refractivity (Wildman–Crippen MR) is 97.5 cm³/mol. The van der Waals surface area contributed by atoms with Gasteiger partial charge in [0.1, 0.15) is 13.2 Å². The summed E-state index contributed by atoms with van der Waals surface area (Å²) in [5, 5.41) is 4.95. The minimum absolute atomic E-state index is 0.152. The average molecular weight is 354 g/mol. The van der Waals surface area contributed by atoms with Crippen molar-refractivity contribution in [2.75, 3.05) is 13.1 Å². The summed E-state index contributed by atoms with van der Waals surface area (Å²) in [6.45, 7) is 3.50. The smallest absolute Gasteiger partial charge is 0.325 e. The molecule has 0 atom stereocenters. The van der Waals surface area contributed by atoms with Crippen molar-refractivity contribution in [2.24, 2.45) is 0 Å². The van der Waals surface area contributed by atoms with Gasteiger partial charge in [0, 0.05) is 5.56 Å². The largest absolute Gasteiger partial charge is 0.460 e. The van der Waals surface area contributed by atoms with Crippen LogP contribution in [-0.2, 0) is 20.9 Å². The van der Waals surface area contributed by atoms with E-state index < -0.39 is 11.9 Å². The van der Waals surface area contributed by atoms with E-state index in [0.29, 0.717) is 5.56 Å². The lowest BCUT2D eigenvalue weighted by Gasteiger charge is -2.08. The zero-order valence-electron chi connectivity index (χ0n) is 14.9. The Morgan fingerprint density at radius 2 is 1.54 bits per heavy atom. The summed E-state index contributed by atoms with van der Waals surface area (Å²) in [6, 6.07) is 14.7. The maximum absolute atomic E-state index is 12.1. The molecule has 0 aliphatic carbocycles. The zero-order chi connectivity index (χ0) is 18.9. The number of aryl methyl sites for hydroxylation is 2. The molecule has 136 valence electrons. The van der Waals surface area contributed by atoms with Gasteiger partial charge in [-0.25, -0.2) is 0 Å². The normalized spacial score (nSPS) is 10.1. The Labute approximate surface area is 152 Å². The number of rotatable bonds is 7. The van der Waals surface area contributed by atoms with Crippen LogP contribution in [-0.4, -0.2) is 30.9 Å². The molecule has 2 N–H and O–H groups in total. The third kappa shape index (κ3) is 6.39. The van der Waals surface area contributed by atoms with Gasteiger partial charge < -0.3 is 15.4 Å². The fraction of sp³-hybridized carbons (Fsp3) is 0.250. The third-order valence-electron chi connectivity index (χ3n) is 3.57. The van der Waals surface area contributed by atoms with E-state index >= 15 is 0 Å². The molecule has 2 rings (SSSR count). The lowest BCUT2D eigenvalue weighted by atomic mass is 10.1. The first-order valence-electron chi connectivity index (χ1n) is 8.27. The van der Waals surface area contributed by atoms with E-state index in [2.05, 4.69) is 10.6 Å². The Hall–Kier alpha value is -3.15. The standard InChI is InChI=1S/C20H22N2O4/c1-14-8-15(2)10-17(9-14)20(25)22-11-18(23)21-12-19(24)26-13-16-6-4-3-5-7-16/h3-10H,11-13H2,1-2H3,(H,21,23)(H,22,25). The number of ether oxygens (including phenoxy) is 1. The molecule has 2 aromatic carbocycles. The molecule has 0 aliphatic heterocycles. The minimum Gasteiger partial charge on any atom is -0.460 e. The van der Waals surface area contributed by atoms with Gasteiger partial charge in [-0.15, -0.1) is 0 Å². The van der Waals surface area contributed by atoms with Crippen LogP contribution < -0.4 is 10.6 Å². The SMILES string of the molecule is Cc1cc(C)cc(C(=O)NCC(=O)NCC(=O)OCc2ccccc2)c1. The summed E-state index contributed by atoms with van der Waals surface area (Å²) in [6.07, 6.45) is 0. The first-order valence-corrected chi connectivity index (χ1v) is 8.27. The van der Waals surface area contributed by atoms with Crippen LogP contribution in [0.25, 0.3) is 0 Å². The molecule has 0 unspecified atom stereocenters. The van der Waals surface area contributed by atoms with E-state index in [-0.39, 0.29) is 25.6 Å². The van der Waals surface area contributed by atoms with Crippen molar-refractivity contribution in [3.05, 3.63) is 70.8 Å². The molecule has 0 saturated carbocycles. The maximum atomic E-state index is 12.1. The van der Waals surface area contributed by atoms with E-state index in [1.54, 1.807) is 12.1 Å². The molecule has 0 heterocycles. The molecule has 6 nitrogen and oxygen atoms in total. The van der Waals surface area contributed by atoms with Crippen LogP contribution in [0.2, 0.25) is 0 Å². The molecule has 0 saturated heterocycles. The Bertz CT molecular complexity index is 767. The van der Waals surface area contributed by atoms with Crippen LogP contribution in [0.15, 0.2) is 48.5 Å². The van der Waals surface area contributed by atoms with Crippen LogP contribution in [0, 0.1) is 13.8 Å². The van der Waals surface area contributed by atoms with Crippen molar-refractivity contribution in [3.63, 3.8) is 0 Å². The predicted octanol–water partition coefficient (Wildman–Crippen LogP) is 1.89. The van der Waals surface area contributed by atoms with Gasteiger partial charge in [-0.2, -0.15) is 0 Å². The fourth-order valence-electron chi connectivity index (χ4n) is 2.39. The second-order valence-electron chi connectivity index (χ2n) is 5.98. The molecule has 0 spiro atoms. The summed E-state index contributed by atoms with van der Waals surface area (Å²) < 4.78 is 5.06. The van der Waals surface area contributed by atoms with Crippen molar-refractivity contribution < 1.29 is 19.1 Å². The van der Waals surface area contributed by atoms with Crippen LogP contribution in [0.5, 0.6) is 0 Å². The molecule has 26 heavy (non-hydrogen) atoms. The van der Waals surface area contributed by atoms with Crippen molar-refractivity contribution in [3.8, 4) is 0 Å². The number of esters is 1. The highest BCUT2D eigenvalue weighted by Gasteiger charge is 2.10. The number of carbonyl (C=O) groups is 3. The molecule has 6 heteroatoms. The number of nitrogens with one attached hydrogen (secondary N) is 2. The summed E-state index contributed by atoms with van der Waals surface area (Å²) >= 11 is 0. The molecule has 2 aromatic rings. The highest BCUT2D eigenvalue weighted by atomic mass is 16.5. The van der Waals surface area contributed by atoms with Gasteiger partial charge >= 0.3 is 5.97 Å². The number of carbonyl (C=O) groups excluding carboxylic acids is 3. The second-order valence-corrected chi connectivity index (χ2v) is 5.98. The maximum Gasteiger partial charge on any atom is 0.325 e. The first kappa shape index (κ1) is 19.2. The van der Waals surface area contributed by atoms with Gasteiger partial charge in [0.05, 0.1) is 6.54 Å². The van der Waals surface area contributed by atoms with Gasteiger partial charge in [0.15, 0.2) is 0 Å². The number of benzene rings is 2. The first-order chi connectivity index (χ1) is 12.4. The van der Waals surface area contributed by atoms with Crippen LogP contribution >= 0.6 is 0 Å². The van der Waals surface area contributed by atoms with Gasteiger partial charge in [-0.05, 0) is 31.5 Å². The monoisotopic (exact) mass is 354 g/mol. The minimum atomic E-state index is -0.539. The van der Waals surface area contributed by atoms with E-state index in [0.717, 1.165) is 16.7 Å². The number of hydrogen-bond donors (Lipinski definition) is 2. The van der Waals surface area contributed by atoms with Gasteiger partial charge in [0.25, 0.3) is 5.91 Å². The molecule has 0 aliphatic rings. The van der Waals surface area contributed by atoms with E-state index in [4.69, 9.17) is 4.74 Å². The molecular formula is C20H22N2O4. The lowest BCUT2D eigenvalue weighted by Crippen LogP contribution is -2.39. The van der Waals surface area contributed by atoms with Gasteiger partial charge in [-0.3, -0.25) is 14.4 Å². The zero-order valence-corrected chi connectivity index (χ0v) is 14.9. The summed E-state index contributed by atoms with van der Waals surface area (Å²) in [4.78, 5) is 35.5. The molecular weight excluding hydrogens is 332 g/mol. The van der Waals surface area contributed by atoms with Gasteiger partial charge in [-0.1, -0.05) is 47.5 Å². The highest BCUT2D eigenvalue weighted by molar-refractivity contribution is 5.97. The van der Waals surface area contributed by atoms with Crippen molar-refractivity contribution in [1.29, 1.82) is 0 Å². The molecule has 0 radical (unpaired) electrons. The van der Waals surface area contributed by atoms with Crippen molar-refractivity contribution >= 4 is 17.8 Å². The molecule has 0 fully saturated rings. The van der Waals surface area contributed by atoms with E-state index in [1.165, 1.54) is 0 Å². The quantitative estimate of drug-likeness (QED) is 0.744. The molecule has 0 aromatic heterocycles.